The first-order valence-electron chi connectivity index (χ1n) is 8.43. The first-order valence-corrected chi connectivity index (χ1v) is 8.43. The normalized spacial score (nSPS) is 10.9. The van der Waals surface area contributed by atoms with E-state index in [-0.39, 0.29) is 5.91 Å². The Bertz CT molecular complexity index is 850. The third kappa shape index (κ3) is 4.15. The fourth-order valence-corrected chi connectivity index (χ4v) is 2.75. The van der Waals surface area contributed by atoms with Gasteiger partial charge in [0.05, 0.1) is 6.20 Å². The summed E-state index contributed by atoms with van der Waals surface area (Å²) in [6.45, 7) is 6.14. The van der Waals surface area contributed by atoms with Gasteiger partial charge in [0.25, 0.3) is 0 Å². The number of nitrogens with one attached hydrogen (secondary N) is 1. The highest BCUT2D eigenvalue weighted by Gasteiger charge is 2.09. The molecule has 2 aromatic carbocycles. The van der Waals surface area contributed by atoms with Gasteiger partial charge >= 0.3 is 0 Å². The van der Waals surface area contributed by atoms with Gasteiger partial charge in [0.2, 0.25) is 11.8 Å². The number of hydrogen-bond acceptors (Lipinski definition) is 3. The van der Waals surface area contributed by atoms with E-state index in [4.69, 9.17) is 4.42 Å². The Hall–Kier alpha value is -2.88. The number of aromatic nitrogens is 1. The summed E-state index contributed by atoms with van der Waals surface area (Å²) in [6.07, 6.45) is 3.74. The molecule has 128 valence electrons. The van der Waals surface area contributed by atoms with Crippen LogP contribution in [0.25, 0.3) is 22.6 Å². The summed E-state index contributed by atoms with van der Waals surface area (Å²) in [6, 6.07) is 14.1. The summed E-state index contributed by atoms with van der Waals surface area (Å²) in [4.78, 5) is 16.1. The number of amides is 1. The first-order chi connectivity index (χ1) is 12.0. The SMILES string of the molecule is Cc1ccc(-c2ncco2)cc1-c1ccc(NC(=O)CC(C)C)cc1. The predicted octanol–water partition coefficient (Wildman–Crippen LogP) is 5.30. The van der Waals surface area contributed by atoms with Crippen LogP contribution >= 0.6 is 0 Å². The van der Waals surface area contributed by atoms with Crippen molar-refractivity contribution < 1.29 is 9.21 Å². The zero-order valence-electron chi connectivity index (χ0n) is 14.7. The first kappa shape index (κ1) is 17.0. The average molecular weight is 334 g/mol. The van der Waals surface area contributed by atoms with Crippen LogP contribution in [0.5, 0.6) is 0 Å². The summed E-state index contributed by atoms with van der Waals surface area (Å²) >= 11 is 0. The van der Waals surface area contributed by atoms with Crippen LogP contribution in [-0.2, 0) is 4.79 Å². The molecule has 0 radical (unpaired) electrons. The van der Waals surface area contributed by atoms with Gasteiger partial charge in [0.1, 0.15) is 6.26 Å². The van der Waals surface area contributed by atoms with E-state index in [2.05, 4.69) is 29.4 Å². The molecular formula is C21H22N2O2. The number of anilines is 1. The van der Waals surface area contributed by atoms with E-state index < -0.39 is 0 Å². The van der Waals surface area contributed by atoms with Gasteiger partial charge in [-0.1, -0.05) is 32.0 Å². The van der Waals surface area contributed by atoms with Crippen molar-refractivity contribution in [3.05, 3.63) is 60.5 Å². The van der Waals surface area contributed by atoms with Crippen LogP contribution in [0.4, 0.5) is 5.69 Å². The highest BCUT2D eigenvalue weighted by Crippen LogP contribution is 2.29. The lowest BCUT2D eigenvalue weighted by molar-refractivity contribution is -0.116. The van der Waals surface area contributed by atoms with E-state index in [0.29, 0.717) is 18.2 Å². The van der Waals surface area contributed by atoms with E-state index in [1.54, 1.807) is 12.5 Å². The smallest absolute Gasteiger partial charge is 0.225 e. The van der Waals surface area contributed by atoms with E-state index in [9.17, 15) is 4.79 Å². The van der Waals surface area contributed by atoms with Crippen LogP contribution in [0.3, 0.4) is 0 Å². The highest BCUT2D eigenvalue weighted by molar-refractivity contribution is 5.91. The molecule has 1 amide bonds. The van der Waals surface area contributed by atoms with Gasteiger partial charge in [0, 0.05) is 17.7 Å². The molecule has 1 N–H and O–H groups in total. The summed E-state index contributed by atoms with van der Waals surface area (Å²) in [5.74, 6) is 1.00. The topological polar surface area (TPSA) is 55.1 Å². The lowest BCUT2D eigenvalue weighted by atomic mass is 9.98. The lowest BCUT2D eigenvalue weighted by Gasteiger charge is -2.10. The summed E-state index contributed by atoms with van der Waals surface area (Å²) < 4.78 is 5.39. The molecule has 25 heavy (non-hydrogen) atoms. The molecule has 4 heteroatoms. The Balaban J connectivity index is 1.82. The average Bonchev–Trinajstić information content (AvgIpc) is 3.10. The fourth-order valence-electron chi connectivity index (χ4n) is 2.75. The minimum atomic E-state index is 0.0461. The van der Waals surface area contributed by atoms with Gasteiger partial charge in [-0.05, 0) is 53.8 Å². The van der Waals surface area contributed by atoms with Crippen LogP contribution in [0, 0.1) is 12.8 Å². The van der Waals surface area contributed by atoms with Crippen LogP contribution in [0.15, 0.2) is 59.3 Å². The maximum Gasteiger partial charge on any atom is 0.225 e. The Kier molecular flexibility index (Phi) is 4.98. The second-order valence-corrected chi connectivity index (χ2v) is 6.59. The Morgan fingerprint density at radius 2 is 1.84 bits per heavy atom. The van der Waals surface area contributed by atoms with Crippen LogP contribution in [-0.4, -0.2) is 10.9 Å². The second kappa shape index (κ2) is 7.34. The van der Waals surface area contributed by atoms with E-state index >= 15 is 0 Å². The molecule has 3 aromatic rings. The minimum Gasteiger partial charge on any atom is -0.445 e. The van der Waals surface area contributed by atoms with Crippen molar-refractivity contribution in [2.75, 3.05) is 5.32 Å². The standard InChI is InChI=1S/C21H22N2O2/c1-14(2)12-20(24)23-18-8-6-16(7-9-18)19-13-17(5-4-15(19)3)21-22-10-11-25-21/h4-11,13-14H,12H2,1-3H3,(H,23,24). The number of nitrogens with zero attached hydrogens (tertiary/aromatic N) is 1. The molecule has 0 bridgehead atoms. The number of carbonyl (C=O) groups excluding carboxylic acids is 1. The molecule has 0 aliphatic heterocycles. The fraction of sp³-hybridized carbons (Fsp3) is 0.238. The quantitative estimate of drug-likeness (QED) is 0.688. The number of benzene rings is 2. The van der Waals surface area contributed by atoms with Gasteiger partial charge in [-0.3, -0.25) is 4.79 Å². The summed E-state index contributed by atoms with van der Waals surface area (Å²) in [7, 11) is 0. The predicted molar refractivity (Wildman–Crippen MR) is 100 cm³/mol. The Morgan fingerprint density at radius 1 is 1.12 bits per heavy atom. The van der Waals surface area contributed by atoms with Crippen molar-refractivity contribution >= 4 is 11.6 Å². The molecule has 0 saturated carbocycles. The number of aryl methyl sites for hydroxylation is 1. The minimum absolute atomic E-state index is 0.0461. The molecular weight excluding hydrogens is 312 g/mol. The molecule has 0 unspecified atom stereocenters. The molecule has 3 rings (SSSR count). The molecule has 0 aliphatic rings. The second-order valence-electron chi connectivity index (χ2n) is 6.59. The lowest BCUT2D eigenvalue weighted by Crippen LogP contribution is -2.13. The molecule has 0 fully saturated rings. The maximum atomic E-state index is 11.9. The third-order valence-electron chi connectivity index (χ3n) is 3.99. The zero-order valence-corrected chi connectivity index (χ0v) is 14.7. The van der Waals surface area contributed by atoms with Gasteiger partial charge in [-0.15, -0.1) is 0 Å². The van der Waals surface area contributed by atoms with Crippen molar-refractivity contribution in [2.24, 2.45) is 5.92 Å². The van der Waals surface area contributed by atoms with Crippen LogP contribution in [0.1, 0.15) is 25.8 Å². The Labute approximate surface area is 147 Å². The van der Waals surface area contributed by atoms with Crippen molar-refractivity contribution in [3.63, 3.8) is 0 Å². The molecule has 0 atom stereocenters. The molecule has 1 heterocycles. The van der Waals surface area contributed by atoms with Gasteiger partial charge in [-0.25, -0.2) is 4.98 Å². The number of oxazole rings is 1. The molecule has 0 saturated heterocycles. The third-order valence-corrected chi connectivity index (χ3v) is 3.99. The number of rotatable bonds is 5. The highest BCUT2D eigenvalue weighted by atomic mass is 16.3. The molecule has 1 aromatic heterocycles. The number of carbonyl (C=O) groups is 1. The largest absolute Gasteiger partial charge is 0.445 e. The van der Waals surface area contributed by atoms with Gasteiger partial charge < -0.3 is 9.73 Å². The van der Waals surface area contributed by atoms with Crippen molar-refractivity contribution in [1.29, 1.82) is 0 Å². The van der Waals surface area contributed by atoms with E-state index in [0.717, 1.165) is 22.4 Å². The van der Waals surface area contributed by atoms with Crippen LogP contribution in [0.2, 0.25) is 0 Å². The van der Waals surface area contributed by atoms with Crippen molar-refractivity contribution in [2.45, 2.75) is 27.2 Å². The molecule has 0 aliphatic carbocycles. The van der Waals surface area contributed by atoms with Crippen molar-refractivity contribution in [1.82, 2.24) is 4.98 Å². The van der Waals surface area contributed by atoms with Gasteiger partial charge in [0.15, 0.2) is 0 Å². The molecule has 4 nitrogen and oxygen atoms in total. The molecule has 0 spiro atoms. The zero-order chi connectivity index (χ0) is 17.8. The van der Waals surface area contributed by atoms with Crippen molar-refractivity contribution in [3.8, 4) is 22.6 Å². The monoisotopic (exact) mass is 334 g/mol. The summed E-state index contributed by atoms with van der Waals surface area (Å²) in [5, 5.41) is 2.94. The van der Waals surface area contributed by atoms with Crippen LogP contribution < -0.4 is 5.32 Å². The number of hydrogen-bond donors (Lipinski definition) is 1. The maximum absolute atomic E-state index is 11.9. The van der Waals surface area contributed by atoms with E-state index in [1.165, 1.54) is 5.56 Å². The Morgan fingerprint density at radius 3 is 2.48 bits per heavy atom. The van der Waals surface area contributed by atoms with Gasteiger partial charge in [-0.2, -0.15) is 0 Å². The van der Waals surface area contributed by atoms with E-state index in [1.807, 2.05) is 44.2 Å². The summed E-state index contributed by atoms with van der Waals surface area (Å²) in [5.41, 5.74) is 5.14.